The molecule has 0 bridgehead atoms. The Bertz CT molecular complexity index is 1740. The second-order valence-corrected chi connectivity index (χ2v) is 11.8. The second-order valence-electron chi connectivity index (χ2n) is 9.99. The molecule has 1 unspecified atom stereocenters. The van der Waals surface area contributed by atoms with Crippen LogP contribution >= 0.6 is 0 Å². The van der Waals surface area contributed by atoms with Crippen LogP contribution in [0.4, 0.5) is 11.4 Å². The van der Waals surface area contributed by atoms with Gasteiger partial charge in [0.1, 0.15) is 0 Å². The average Bonchev–Trinajstić information content (AvgIpc) is 3.50. The summed E-state index contributed by atoms with van der Waals surface area (Å²) in [5.74, 6) is -1.53. The molecular formula is C33H37N5O6S. The molecule has 11 nitrogen and oxygen atoms in total. The van der Waals surface area contributed by atoms with Gasteiger partial charge in [0.2, 0.25) is 11.7 Å². The third-order valence-electron chi connectivity index (χ3n) is 6.47. The Balaban J connectivity index is 1.78. The van der Waals surface area contributed by atoms with E-state index in [4.69, 9.17) is 9.26 Å². The monoisotopic (exact) mass is 631 g/mol. The molecular weight excluding hydrogens is 594 g/mol. The van der Waals surface area contributed by atoms with Gasteiger partial charge in [-0.1, -0.05) is 54.2 Å². The van der Waals surface area contributed by atoms with Crippen molar-refractivity contribution in [2.45, 2.75) is 19.9 Å². The normalized spacial score (nSPS) is 12.6. The highest BCUT2D eigenvalue weighted by Crippen LogP contribution is 2.30. The first-order valence-electron chi connectivity index (χ1n) is 13.9. The molecule has 0 radical (unpaired) electrons. The fourth-order valence-corrected chi connectivity index (χ4v) is 4.88. The van der Waals surface area contributed by atoms with Gasteiger partial charge >= 0.3 is 5.97 Å². The number of anilines is 2. The third-order valence-corrected chi connectivity index (χ3v) is 7.93. The fraction of sp³-hybridized carbons (Fsp3) is 0.212. The summed E-state index contributed by atoms with van der Waals surface area (Å²) in [4.78, 5) is 31.1. The van der Waals surface area contributed by atoms with Crippen LogP contribution in [0.3, 0.4) is 0 Å². The number of benzene rings is 2. The molecule has 1 heterocycles. The van der Waals surface area contributed by atoms with Gasteiger partial charge in [0.15, 0.2) is 0 Å². The minimum absolute atomic E-state index is 0.0271. The third kappa shape index (κ3) is 9.63. The van der Waals surface area contributed by atoms with Crippen LogP contribution in [0, 0.1) is 5.92 Å². The summed E-state index contributed by atoms with van der Waals surface area (Å²) in [7, 11) is 1.16. The van der Waals surface area contributed by atoms with E-state index < -0.39 is 27.8 Å². The van der Waals surface area contributed by atoms with Crippen molar-refractivity contribution in [3.63, 3.8) is 0 Å². The standard InChI is InChI=1S/C33H37N5O6S/c1-7-9-10-13-23(3)45(41,42)37-32(39)25(12-8-2)17-19-30-35-31(36-44-30)26-16-18-29(38(4)5)28(21-26)34-22-24-14-11-15-27(20-24)33(40)43-6/h7-11,13-21,25,34H,1-2,12,22H2,3-6H3,(H,37,39)/b10-9-,19-17+,23-13+. The Morgan fingerprint density at radius 1 is 1.13 bits per heavy atom. The molecule has 0 fully saturated rings. The van der Waals surface area contributed by atoms with Gasteiger partial charge in [0.05, 0.1) is 34.9 Å². The average molecular weight is 632 g/mol. The number of hydrogen-bond acceptors (Lipinski definition) is 10. The summed E-state index contributed by atoms with van der Waals surface area (Å²) in [5, 5.41) is 7.49. The van der Waals surface area contributed by atoms with Gasteiger partial charge in [-0.3, -0.25) is 4.79 Å². The SMILES string of the molecule is C=C/C=C\C=C(/C)S(=O)(=O)NC(=O)C(/C=C/c1nc(-c2ccc(N(C)C)c(NCc3cccc(C(=O)OC)c3)c2)no1)CC=C. The molecule has 3 aromatic rings. The number of methoxy groups -OCH3 is 1. The molecule has 0 spiro atoms. The summed E-state index contributed by atoms with van der Waals surface area (Å²) < 4.78 is 37.5. The van der Waals surface area contributed by atoms with E-state index in [0.717, 1.165) is 16.9 Å². The number of carbonyl (C=O) groups is 2. The van der Waals surface area contributed by atoms with Gasteiger partial charge in [-0.2, -0.15) is 4.98 Å². The van der Waals surface area contributed by atoms with Crippen LogP contribution < -0.4 is 14.9 Å². The van der Waals surface area contributed by atoms with Gasteiger partial charge < -0.3 is 19.5 Å². The van der Waals surface area contributed by atoms with Crippen molar-refractivity contribution in [1.82, 2.24) is 14.9 Å². The molecule has 1 aromatic heterocycles. The summed E-state index contributed by atoms with van der Waals surface area (Å²) in [6, 6.07) is 12.8. The maximum atomic E-state index is 12.8. The van der Waals surface area contributed by atoms with Gasteiger partial charge in [0, 0.05) is 32.3 Å². The van der Waals surface area contributed by atoms with E-state index in [0.29, 0.717) is 23.5 Å². The second kappa shape index (κ2) is 16.0. The molecule has 236 valence electrons. The zero-order valence-corrected chi connectivity index (χ0v) is 26.5. The molecule has 3 rings (SSSR count). The van der Waals surface area contributed by atoms with Crippen LogP contribution in [0.5, 0.6) is 0 Å². The van der Waals surface area contributed by atoms with E-state index in [2.05, 4.69) is 33.3 Å². The number of sulfonamides is 1. The first-order chi connectivity index (χ1) is 21.5. The molecule has 45 heavy (non-hydrogen) atoms. The first kappa shape index (κ1) is 34.3. The minimum Gasteiger partial charge on any atom is -0.465 e. The molecule has 0 aliphatic carbocycles. The summed E-state index contributed by atoms with van der Waals surface area (Å²) in [5.41, 5.74) is 3.75. The van der Waals surface area contributed by atoms with Crippen molar-refractivity contribution in [3.8, 4) is 11.4 Å². The van der Waals surface area contributed by atoms with Crippen molar-refractivity contribution < 1.29 is 27.3 Å². The van der Waals surface area contributed by atoms with E-state index in [1.54, 1.807) is 24.3 Å². The Hall–Kier alpha value is -5.23. The summed E-state index contributed by atoms with van der Waals surface area (Å²) in [6.07, 6.45) is 10.6. The zero-order chi connectivity index (χ0) is 33.0. The fourth-order valence-electron chi connectivity index (χ4n) is 4.05. The van der Waals surface area contributed by atoms with Gasteiger partial charge in [-0.05, 0) is 55.3 Å². The van der Waals surface area contributed by atoms with E-state index >= 15 is 0 Å². The Labute approximate surface area is 263 Å². The lowest BCUT2D eigenvalue weighted by Gasteiger charge is -2.19. The molecule has 1 amide bonds. The smallest absolute Gasteiger partial charge is 0.337 e. The van der Waals surface area contributed by atoms with Crippen molar-refractivity contribution >= 4 is 39.4 Å². The van der Waals surface area contributed by atoms with Gasteiger partial charge in [-0.15, -0.1) is 6.58 Å². The number of allylic oxidation sites excluding steroid dienone is 6. The zero-order valence-electron chi connectivity index (χ0n) is 25.7. The maximum absolute atomic E-state index is 12.8. The largest absolute Gasteiger partial charge is 0.465 e. The molecule has 1 atom stereocenters. The van der Waals surface area contributed by atoms with Crippen molar-refractivity contribution in [3.05, 3.63) is 114 Å². The molecule has 2 N–H and O–H groups in total. The van der Waals surface area contributed by atoms with E-state index in [1.807, 2.05) is 43.3 Å². The van der Waals surface area contributed by atoms with E-state index in [9.17, 15) is 18.0 Å². The summed E-state index contributed by atoms with van der Waals surface area (Å²) in [6.45, 7) is 9.02. The Morgan fingerprint density at radius 2 is 1.91 bits per heavy atom. The topological polar surface area (TPSA) is 144 Å². The Kier molecular flexibility index (Phi) is 12.2. The lowest BCUT2D eigenvalue weighted by atomic mass is 10.0. The van der Waals surface area contributed by atoms with E-state index in [1.165, 1.54) is 50.5 Å². The molecule has 0 saturated carbocycles. The van der Waals surface area contributed by atoms with Crippen molar-refractivity contribution in [2.75, 3.05) is 31.4 Å². The number of hydrogen-bond donors (Lipinski definition) is 2. The highest BCUT2D eigenvalue weighted by molar-refractivity contribution is 7.93. The van der Waals surface area contributed by atoms with Gasteiger partial charge in [-0.25, -0.2) is 17.9 Å². The first-order valence-corrected chi connectivity index (χ1v) is 15.4. The quantitative estimate of drug-likeness (QED) is 0.125. The molecule has 0 aliphatic rings. The number of ether oxygens (including phenoxy) is 1. The maximum Gasteiger partial charge on any atom is 0.337 e. The van der Waals surface area contributed by atoms with Crippen LogP contribution in [-0.4, -0.2) is 51.6 Å². The van der Waals surface area contributed by atoms with Crippen LogP contribution in [0.2, 0.25) is 0 Å². The molecule has 0 saturated heterocycles. The minimum atomic E-state index is -4.04. The predicted octanol–water partition coefficient (Wildman–Crippen LogP) is 5.50. The van der Waals surface area contributed by atoms with Crippen molar-refractivity contribution in [1.29, 1.82) is 0 Å². The van der Waals surface area contributed by atoms with Gasteiger partial charge in [0.25, 0.3) is 15.9 Å². The van der Waals surface area contributed by atoms with Crippen LogP contribution in [0.25, 0.3) is 17.5 Å². The number of nitrogens with one attached hydrogen (secondary N) is 2. The number of esters is 1. The van der Waals surface area contributed by atoms with Crippen LogP contribution in [0.1, 0.15) is 35.2 Å². The number of rotatable bonds is 15. The lowest BCUT2D eigenvalue weighted by Crippen LogP contribution is -2.35. The highest BCUT2D eigenvalue weighted by atomic mass is 32.2. The summed E-state index contributed by atoms with van der Waals surface area (Å²) >= 11 is 0. The van der Waals surface area contributed by atoms with Crippen LogP contribution in [0.15, 0.2) is 102 Å². The number of amides is 1. The Morgan fingerprint density at radius 3 is 2.60 bits per heavy atom. The van der Waals surface area contributed by atoms with Crippen LogP contribution in [-0.2, 0) is 26.1 Å². The van der Waals surface area contributed by atoms with Crippen molar-refractivity contribution in [2.24, 2.45) is 5.92 Å². The molecule has 0 aliphatic heterocycles. The van der Waals surface area contributed by atoms with E-state index in [-0.39, 0.29) is 17.2 Å². The number of aromatic nitrogens is 2. The number of carbonyl (C=O) groups excluding carboxylic acids is 2. The predicted molar refractivity (Wildman–Crippen MR) is 177 cm³/mol. The highest BCUT2D eigenvalue weighted by Gasteiger charge is 2.22. The number of nitrogens with zero attached hydrogens (tertiary/aromatic N) is 3. The molecule has 12 heteroatoms. The lowest BCUT2D eigenvalue weighted by molar-refractivity contribution is -0.121. The molecule has 2 aromatic carbocycles.